The number of aromatic amines is 1. The van der Waals surface area contributed by atoms with Crippen molar-refractivity contribution in [2.24, 2.45) is 0 Å². The summed E-state index contributed by atoms with van der Waals surface area (Å²) in [7, 11) is 0. The molecule has 0 fully saturated rings. The maximum Gasteiger partial charge on any atom is 0.189 e. The Hall–Kier alpha value is -1.97. The first kappa shape index (κ1) is 7.44. The summed E-state index contributed by atoms with van der Waals surface area (Å²) in [5.74, 6) is 2.39. The van der Waals surface area contributed by atoms with E-state index in [0.29, 0.717) is 0 Å². The molecule has 1 aliphatic rings. The summed E-state index contributed by atoms with van der Waals surface area (Å²) in [5.41, 5.74) is 2.14. The van der Waals surface area contributed by atoms with Crippen LogP contribution in [0.4, 0.5) is 11.5 Å². The fraction of sp³-hybridized carbons (Fsp3) is 0.100. The summed E-state index contributed by atoms with van der Waals surface area (Å²) in [6, 6.07) is 6.03. The van der Waals surface area contributed by atoms with Gasteiger partial charge in [0.15, 0.2) is 17.3 Å². The Kier molecular flexibility index (Phi) is 1.33. The SMILES string of the molecule is Cc1ccc2c(c1)Oc1cn[nH]c1N2. The van der Waals surface area contributed by atoms with Gasteiger partial charge in [0.1, 0.15) is 0 Å². The quantitative estimate of drug-likeness (QED) is 0.568. The van der Waals surface area contributed by atoms with Crippen molar-refractivity contribution in [1.29, 1.82) is 0 Å². The number of benzene rings is 1. The third kappa shape index (κ3) is 0.970. The maximum absolute atomic E-state index is 5.64. The van der Waals surface area contributed by atoms with Crippen molar-refractivity contribution < 1.29 is 4.74 Å². The molecule has 0 radical (unpaired) electrons. The summed E-state index contributed by atoms with van der Waals surface area (Å²) in [6.07, 6.45) is 1.66. The van der Waals surface area contributed by atoms with Crippen LogP contribution in [0.15, 0.2) is 24.4 Å². The zero-order valence-corrected chi connectivity index (χ0v) is 7.66. The molecule has 2 heterocycles. The molecule has 0 unspecified atom stereocenters. The number of fused-ring (bicyclic) bond motifs is 2. The largest absolute Gasteiger partial charge is 0.450 e. The Morgan fingerprint density at radius 1 is 1.29 bits per heavy atom. The lowest BCUT2D eigenvalue weighted by Gasteiger charge is -2.18. The number of aromatic nitrogens is 2. The van der Waals surface area contributed by atoms with Gasteiger partial charge in [-0.2, -0.15) is 5.10 Å². The van der Waals surface area contributed by atoms with E-state index in [2.05, 4.69) is 15.5 Å². The Balaban J connectivity index is 2.12. The van der Waals surface area contributed by atoms with Crippen LogP contribution in [-0.2, 0) is 0 Å². The predicted molar refractivity (Wildman–Crippen MR) is 53.1 cm³/mol. The zero-order chi connectivity index (χ0) is 9.54. The minimum atomic E-state index is 0.739. The van der Waals surface area contributed by atoms with E-state index >= 15 is 0 Å². The third-order valence-corrected chi connectivity index (χ3v) is 2.22. The van der Waals surface area contributed by atoms with E-state index in [9.17, 15) is 0 Å². The lowest BCUT2D eigenvalue weighted by molar-refractivity contribution is 0.481. The van der Waals surface area contributed by atoms with Crippen LogP contribution in [0.25, 0.3) is 0 Å². The predicted octanol–water partition coefficient (Wildman–Crippen LogP) is 2.57. The van der Waals surface area contributed by atoms with Crippen LogP contribution in [0.1, 0.15) is 5.56 Å². The highest BCUT2D eigenvalue weighted by molar-refractivity contribution is 5.72. The number of aryl methyl sites for hydroxylation is 1. The molecule has 1 aliphatic heterocycles. The van der Waals surface area contributed by atoms with E-state index in [4.69, 9.17) is 4.74 Å². The second-order valence-electron chi connectivity index (χ2n) is 3.34. The first-order valence-corrected chi connectivity index (χ1v) is 4.42. The lowest BCUT2D eigenvalue weighted by atomic mass is 10.2. The van der Waals surface area contributed by atoms with Crippen molar-refractivity contribution in [1.82, 2.24) is 10.2 Å². The molecule has 0 saturated heterocycles. The van der Waals surface area contributed by atoms with Crippen LogP contribution in [0.5, 0.6) is 11.5 Å². The molecular formula is C10H9N3O. The average molecular weight is 187 g/mol. The molecule has 0 saturated carbocycles. The molecule has 0 aliphatic carbocycles. The first-order chi connectivity index (χ1) is 6.83. The molecule has 1 aromatic heterocycles. The Morgan fingerprint density at radius 3 is 3.14 bits per heavy atom. The summed E-state index contributed by atoms with van der Waals surface area (Å²) in [4.78, 5) is 0. The monoisotopic (exact) mass is 187 g/mol. The first-order valence-electron chi connectivity index (χ1n) is 4.42. The van der Waals surface area contributed by atoms with Gasteiger partial charge in [-0.3, -0.25) is 5.10 Å². The maximum atomic E-state index is 5.64. The minimum absolute atomic E-state index is 0.739. The smallest absolute Gasteiger partial charge is 0.189 e. The van der Waals surface area contributed by atoms with E-state index in [-0.39, 0.29) is 0 Å². The zero-order valence-electron chi connectivity index (χ0n) is 7.66. The van der Waals surface area contributed by atoms with E-state index < -0.39 is 0 Å². The van der Waals surface area contributed by atoms with Crippen molar-refractivity contribution >= 4 is 11.5 Å². The number of rotatable bonds is 0. The normalized spacial score (nSPS) is 12.4. The highest BCUT2D eigenvalue weighted by atomic mass is 16.5. The van der Waals surface area contributed by atoms with Crippen molar-refractivity contribution in [3.05, 3.63) is 30.0 Å². The topological polar surface area (TPSA) is 49.9 Å². The summed E-state index contributed by atoms with van der Waals surface area (Å²) >= 11 is 0. The second kappa shape index (κ2) is 2.51. The third-order valence-electron chi connectivity index (χ3n) is 2.22. The van der Waals surface area contributed by atoms with Gasteiger partial charge in [-0.25, -0.2) is 0 Å². The van der Waals surface area contributed by atoms with Crippen LogP contribution in [0.2, 0.25) is 0 Å². The van der Waals surface area contributed by atoms with Gasteiger partial charge in [0.05, 0.1) is 11.9 Å². The number of nitrogens with zero attached hydrogens (tertiary/aromatic N) is 1. The van der Waals surface area contributed by atoms with E-state index in [1.54, 1.807) is 6.20 Å². The Bertz CT molecular complexity index is 490. The molecule has 4 heteroatoms. The van der Waals surface area contributed by atoms with Gasteiger partial charge in [0, 0.05) is 0 Å². The molecule has 0 atom stereocenters. The van der Waals surface area contributed by atoms with E-state index in [1.165, 1.54) is 5.56 Å². The molecule has 0 spiro atoms. The molecule has 2 aromatic rings. The standard InChI is InChI=1S/C10H9N3O/c1-6-2-3-7-8(4-6)14-9-5-11-13-10(9)12-7/h2-5H,1H3,(H2,11,12,13). The molecule has 1 aromatic carbocycles. The second-order valence-corrected chi connectivity index (χ2v) is 3.34. The van der Waals surface area contributed by atoms with E-state index in [1.807, 2.05) is 25.1 Å². The molecule has 3 rings (SSSR count). The molecule has 14 heavy (non-hydrogen) atoms. The van der Waals surface area contributed by atoms with Gasteiger partial charge >= 0.3 is 0 Å². The average Bonchev–Trinajstić information content (AvgIpc) is 2.61. The highest BCUT2D eigenvalue weighted by Crippen LogP contribution is 2.40. The number of H-pyrrole nitrogens is 1. The molecule has 70 valence electrons. The number of hydrogen-bond acceptors (Lipinski definition) is 3. The minimum Gasteiger partial charge on any atom is -0.450 e. The number of nitrogens with one attached hydrogen (secondary N) is 2. The van der Waals surface area contributed by atoms with E-state index in [0.717, 1.165) is 23.0 Å². The number of anilines is 2. The van der Waals surface area contributed by atoms with Crippen LogP contribution in [0.3, 0.4) is 0 Å². The molecular weight excluding hydrogens is 178 g/mol. The van der Waals surface area contributed by atoms with Gasteiger partial charge in [-0.05, 0) is 24.6 Å². The van der Waals surface area contributed by atoms with Crippen LogP contribution < -0.4 is 10.1 Å². The van der Waals surface area contributed by atoms with Crippen molar-refractivity contribution in [3.8, 4) is 11.5 Å². The molecule has 2 N–H and O–H groups in total. The van der Waals surface area contributed by atoms with Gasteiger partial charge in [0.2, 0.25) is 0 Å². The van der Waals surface area contributed by atoms with Crippen LogP contribution in [0, 0.1) is 6.92 Å². The number of hydrogen-bond donors (Lipinski definition) is 2. The molecule has 4 nitrogen and oxygen atoms in total. The Labute approximate surface area is 80.9 Å². The van der Waals surface area contributed by atoms with Gasteiger partial charge in [-0.1, -0.05) is 6.07 Å². The van der Waals surface area contributed by atoms with Gasteiger partial charge in [0.25, 0.3) is 0 Å². The number of ether oxygens (including phenoxy) is 1. The van der Waals surface area contributed by atoms with Crippen molar-refractivity contribution in [2.75, 3.05) is 5.32 Å². The molecule has 0 amide bonds. The summed E-state index contributed by atoms with van der Waals surface area (Å²) in [6.45, 7) is 2.04. The van der Waals surface area contributed by atoms with Crippen molar-refractivity contribution in [3.63, 3.8) is 0 Å². The highest BCUT2D eigenvalue weighted by Gasteiger charge is 2.17. The Morgan fingerprint density at radius 2 is 2.21 bits per heavy atom. The van der Waals surface area contributed by atoms with Gasteiger partial charge in [-0.15, -0.1) is 0 Å². The van der Waals surface area contributed by atoms with Crippen LogP contribution in [-0.4, -0.2) is 10.2 Å². The van der Waals surface area contributed by atoms with Gasteiger partial charge < -0.3 is 10.1 Å². The summed E-state index contributed by atoms with van der Waals surface area (Å²) < 4.78 is 5.64. The lowest BCUT2D eigenvalue weighted by Crippen LogP contribution is -2.01. The fourth-order valence-electron chi connectivity index (χ4n) is 1.51. The fourth-order valence-corrected chi connectivity index (χ4v) is 1.51. The van der Waals surface area contributed by atoms with Crippen LogP contribution >= 0.6 is 0 Å². The molecule has 0 bridgehead atoms. The summed E-state index contributed by atoms with van der Waals surface area (Å²) in [5, 5.41) is 9.93. The van der Waals surface area contributed by atoms with Crippen molar-refractivity contribution in [2.45, 2.75) is 6.92 Å².